The summed E-state index contributed by atoms with van der Waals surface area (Å²) in [6, 6.07) is 10.6. The van der Waals surface area contributed by atoms with Crippen LogP contribution in [0.1, 0.15) is 33.0 Å². The van der Waals surface area contributed by atoms with Crippen LogP contribution in [0.2, 0.25) is 0 Å². The number of carbonyl (C=O) groups is 2. The molecule has 8 heteroatoms. The zero-order valence-corrected chi connectivity index (χ0v) is 15.8. The van der Waals surface area contributed by atoms with E-state index in [0.717, 1.165) is 10.3 Å². The van der Waals surface area contributed by atoms with E-state index in [1.54, 1.807) is 34.9 Å². The van der Waals surface area contributed by atoms with E-state index in [9.17, 15) is 9.59 Å². The number of aryl methyl sites for hydroxylation is 1. The van der Waals surface area contributed by atoms with Gasteiger partial charge < -0.3 is 10.6 Å². The van der Waals surface area contributed by atoms with Crippen LogP contribution in [0.15, 0.2) is 47.1 Å². The van der Waals surface area contributed by atoms with Crippen molar-refractivity contribution < 1.29 is 9.59 Å². The van der Waals surface area contributed by atoms with Gasteiger partial charge in [0.2, 0.25) is 0 Å². The van der Waals surface area contributed by atoms with Crippen molar-refractivity contribution in [1.82, 2.24) is 25.2 Å². The van der Waals surface area contributed by atoms with Gasteiger partial charge in [-0.05, 0) is 49.7 Å². The minimum absolute atomic E-state index is 0.127. The molecule has 1 aromatic carbocycles. The van der Waals surface area contributed by atoms with Gasteiger partial charge in [-0.25, -0.2) is 0 Å². The molecule has 0 spiro atoms. The molecule has 0 radical (unpaired) electrons. The summed E-state index contributed by atoms with van der Waals surface area (Å²) in [5.41, 5.74) is 1.85. The highest BCUT2D eigenvalue weighted by atomic mass is 79.9. The van der Waals surface area contributed by atoms with E-state index < -0.39 is 0 Å². The maximum Gasteiger partial charge on any atom is 0.252 e. The predicted octanol–water partition coefficient (Wildman–Crippen LogP) is 2.35. The summed E-state index contributed by atoms with van der Waals surface area (Å²) in [5.74, 6) is 0.432. The zero-order chi connectivity index (χ0) is 18.5. The molecule has 3 aromatic rings. The molecule has 26 heavy (non-hydrogen) atoms. The number of pyridine rings is 1. The number of hydrogen-bond acceptors (Lipinski definition) is 4. The van der Waals surface area contributed by atoms with E-state index in [-0.39, 0.29) is 11.8 Å². The molecule has 2 amide bonds. The highest BCUT2D eigenvalue weighted by Gasteiger charge is 2.09. The summed E-state index contributed by atoms with van der Waals surface area (Å²) in [6.45, 7) is 2.78. The van der Waals surface area contributed by atoms with Crippen molar-refractivity contribution in [3.05, 3.63) is 64.0 Å². The second-order valence-corrected chi connectivity index (χ2v) is 6.68. The number of fused-ring (bicyclic) bond motifs is 1. The molecule has 3 rings (SSSR count). The Bertz CT molecular complexity index is 936. The number of nitrogens with zero attached hydrogens (tertiary/aromatic N) is 3. The molecule has 0 aliphatic heterocycles. The first-order valence-electron chi connectivity index (χ1n) is 8.18. The van der Waals surface area contributed by atoms with Crippen molar-refractivity contribution in [3.8, 4) is 0 Å². The Morgan fingerprint density at radius 2 is 1.58 bits per heavy atom. The molecule has 0 atom stereocenters. The maximum absolute atomic E-state index is 12.2. The Hall–Kier alpha value is -2.74. The van der Waals surface area contributed by atoms with Gasteiger partial charge in [0, 0.05) is 29.3 Å². The summed E-state index contributed by atoms with van der Waals surface area (Å²) < 4.78 is 2.70. The Morgan fingerprint density at radius 3 is 2.27 bits per heavy atom. The van der Waals surface area contributed by atoms with Crippen molar-refractivity contribution >= 4 is 33.4 Å². The number of aromatic nitrogens is 3. The number of benzene rings is 1. The number of carbonyl (C=O) groups excluding carboxylic acids is 2. The quantitative estimate of drug-likeness (QED) is 0.604. The molecule has 0 saturated heterocycles. The van der Waals surface area contributed by atoms with Crippen LogP contribution in [0.25, 0.3) is 5.65 Å². The molecule has 0 aliphatic carbocycles. The normalized spacial score (nSPS) is 10.7. The average molecular weight is 416 g/mol. The highest BCUT2D eigenvalue weighted by Crippen LogP contribution is 2.10. The van der Waals surface area contributed by atoms with Crippen molar-refractivity contribution in [2.45, 2.75) is 13.3 Å². The van der Waals surface area contributed by atoms with E-state index in [1.165, 1.54) is 0 Å². The Morgan fingerprint density at radius 1 is 0.962 bits per heavy atom. The Kier molecular flexibility index (Phi) is 5.62. The maximum atomic E-state index is 12.2. The minimum Gasteiger partial charge on any atom is -0.352 e. The summed E-state index contributed by atoms with van der Waals surface area (Å²) in [4.78, 5) is 24.2. The third-order valence-corrected chi connectivity index (χ3v) is 4.39. The summed E-state index contributed by atoms with van der Waals surface area (Å²) in [7, 11) is 0. The molecule has 0 aliphatic rings. The van der Waals surface area contributed by atoms with E-state index >= 15 is 0 Å². The summed E-state index contributed by atoms with van der Waals surface area (Å²) in [6.07, 6.45) is 2.36. The third-order valence-electron chi connectivity index (χ3n) is 3.87. The van der Waals surface area contributed by atoms with E-state index in [1.807, 2.05) is 19.1 Å². The van der Waals surface area contributed by atoms with Crippen LogP contribution in [0.3, 0.4) is 0 Å². The van der Waals surface area contributed by atoms with E-state index in [0.29, 0.717) is 36.3 Å². The molecule has 0 bridgehead atoms. The summed E-state index contributed by atoms with van der Waals surface area (Å²) >= 11 is 3.34. The monoisotopic (exact) mass is 415 g/mol. The highest BCUT2D eigenvalue weighted by molar-refractivity contribution is 9.10. The molecule has 7 nitrogen and oxygen atoms in total. The second-order valence-electron chi connectivity index (χ2n) is 5.77. The zero-order valence-electron chi connectivity index (χ0n) is 14.2. The van der Waals surface area contributed by atoms with Crippen molar-refractivity contribution in [2.75, 3.05) is 13.1 Å². The second kappa shape index (κ2) is 8.09. The van der Waals surface area contributed by atoms with Gasteiger partial charge in [0.25, 0.3) is 11.8 Å². The molecule has 0 saturated carbocycles. The van der Waals surface area contributed by atoms with E-state index in [2.05, 4.69) is 36.8 Å². The van der Waals surface area contributed by atoms with Gasteiger partial charge in [-0.15, -0.1) is 10.2 Å². The smallest absolute Gasteiger partial charge is 0.252 e. The van der Waals surface area contributed by atoms with Crippen LogP contribution in [0.4, 0.5) is 0 Å². The first-order chi connectivity index (χ1) is 12.5. The molecule has 134 valence electrons. The Labute approximate surface area is 158 Å². The lowest BCUT2D eigenvalue weighted by molar-refractivity contribution is 0.0951. The largest absolute Gasteiger partial charge is 0.352 e. The number of hydrogen-bond donors (Lipinski definition) is 2. The lowest BCUT2D eigenvalue weighted by Gasteiger charge is -2.07. The van der Waals surface area contributed by atoms with Gasteiger partial charge in [-0.2, -0.15) is 0 Å². The van der Waals surface area contributed by atoms with Crippen LogP contribution in [0.5, 0.6) is 0 Å². The van der Waals surface area contributed by atoms with Gasteiger partial charge in [0.1, 0.15) is 5.82 Å². The minimum atomic E-state index is -0.167. The van der Waals surface area contributed by atoms with Crippen LogP contribution in [-0.2, 0) is 0 Å². The number of rotatable bonds is 6. The van der Waals surface area contributed by atoms with Crippen LogP contribution in [0, 0.1) is 6.92 Å². The van der Waals surface area contributed by atoms with Gasteiger partial charge in [-0.3, -0.25) is 14.0 Å². The first kappa shape index (κ1) is 18.1. The van der Waals surface area contributed by atoms with Gasteiger partial charge >= 0.3 is 0 Å². The molecule has 2 heterocycles. The van der Waals surface area contributed by atoms with Gasteiger partial charge in [-0.1, -0.05) is 15.9 Å². The molecular formula is C18H18BrN5O2. The van der Waals surface area contributed by atoms with Gasteiger partial charge in [0.05, 0.1) is 5.56 Å². The number of amides is 2. The van der Waals surface area contributed by atoms with E-state index in [4.69, 9.17) is 0 Å². The molecule has 0 fully saturated rings. The van der Waals surface area contributed by atoms with Crippen LogP contribution < -0.4 is 10.6 Å². The number of nitrogens with one attached hydrogen (secondary N) is 2. The fraction of sp³-hybridized carbons (Fsp3) is 0.222. The fourth-order valence-corrected chi connectivity index (χ4v) is 2.70. The fourth-order valence-electron chi connectivity index (χ4n) is 2.44. The topological polar surface area (TPSA) is 88.4 Å². The summed E-state index contributed by atoms with van der Waals surface area (Å²) in [5, 5.41) is 13.6. The van der Waals surface area contributed by atoms with Crippen molar-refractivity contribution in [3.63, 3.8) is 0 Å². The number of halogens is 1. The lowest BCUT2D eigenvalue weighted by atomic mass is 10.2. The van der Waals surface area contributed by atoms with Crippen LogP contribution >= 0.6 is 15.9 Å². The first-order valence-corrected chi connectivity index (χ1v) is 8.97. The SMILES string of the molecule is Cc1nnc2ccc(C(=O)NCCCNC(=O)c3ccc(Br)cc3)cn12. The lowest BCUT2D eigenvalue weighted by Crippen LogP contribution is -2.30. The molecule has 2 aromatic heterocycles. The van der Waals surface area contributed by atoms with Crippen molar-refractivity contribution in [1.29, 1.82) is 0 Å². The van der Waals surface area contributed by atoms with Crippen LogP contribution in [-0.4, -0.2) is 39.5 Å². The third kappa shape index (κ3) is 4.26. The van der Waals surface area contributed by atoms with Gasteiger partial charge in [0.15, 0.2) is 5.65 Å². The standard InChI is InChI=1S/C18H18BrN5O2/c1-12-22-23-16-8-5-14(11-24(12)16)18(26)21-10-2-9-20-17(25)13-3-6-15(19)7-4-13/h3-8,11H,2,9-10H2,1H3,(H,20,25)(H,21,26). The predicted molar refractivity (Wildman–Crippen MR) is 101 cm³/mol. The molecule has 0 unspecified atom stereocenters. The molecular weight excluding hydrogens is 398 g/mol. The molecule has 2 N–H and O–H groups in total. The van der Waals surface area contributed by atoms with Crippen molar-refractivity contribution in [2.24, 2.45) is 0 Å². The average Bonchev–Trinajstić information content (AvgIpc) is 3.02. The Balaban J connectivity index is 1.44.